The van der Waals surface area contributed by atoms with E-state index in [0.717, 1.165) is 20.5 Å². The van der Waals surface area contributed by atoms with Gasteiger partial charge in [0, 0.05) is 11.9 Å². The highest BCUT2D eigenvalue weighted by Gasteiger charge is 2.08. The van der Waals surface area contributed by atoms with Gasteiger partial charge >= 0.3 is 0 Å². The van der Waals surface area contributed by atoms with Gasteiger partial charge in [0.2, 0.25) is 0 Å². The minimum absolute atomic E-state index is 0.0408. The van der Waals surface area contributed by atoms with E-state index in [1.165, 1.54) is 4.68 Å². The Morgan fingerprint density at radius 1 is 1.24 bits per heavy atom. The molecule has 3 nitrogen and oxygen atoms in total. The molecule has 0 aliphatic heterocycles. The minimum atomic E-state index is -0.0408. The number of hydrogen-bond donors (Lipinski definition) is 0. The Morgan fingerprint density at radius 3 is 2.76 bits per heavy atom. The normalized spacial score (nSPS) is 10.9. The summed E-state index contributed by atoms with van der Waals surface area (Å²) in [5.41, 5.74) is 1.09. The smallest absolute Gasteiger partial charge is 0.267 e. The molecule has 0 saturated carbocycles. The Morgan fingerprint density at radius 2 is 2.00 bits per heavy atom. The number of fused-ring (bicyclic) bond motifs is 1. The highest BCUT2D eigenvalue weighted by molar-refractivity contribution is 7.22. The maximum Gasteiger partial charge on any atom is 0.275 e. The third kappa shape index (κ3) is 1.66. The van der Waals surface area contributed by atoms with Crippen LogP contribution in [0.1, 0.15) is 0 Å². The van der Waals surface area contributed by atoms with Crippen molar-refractivity contribution in [1.29, 1.82) is 0 Å². The van der Waals surface area contributed by atoms with E-state index in [4.69, 9.17) is 0 Å². The van der Waals surface area contributed by atoms with Crippen molar-refractivity contribution in [2.24, 2.45) is 7.05 Å². The van der Waals surface area contributed by atoms with Gasteiger partial charge in [0.15, 0.2) is 0 Å². The second kappa shape index (κ2) is 3.82. The lowest BCUT2D eigenvalue weighted by Gasteiger charge is -1.93. The monoisotopic (exact) mass is 242 g/mol. The molecule has 1 aromatic carbocycles. The molecule has 0 aliphatic carbocycles. The summed E-state index contributed by atoms with van der Waals surface area (Å²) in [6, 6.07) is 12.0. The Bertz CT molecular complexity index is 728. The SMILES string of the molecule is Cn1ncc2sc(-c3ccccc3)cc2c1=O. The van der Waals surface area contributed by atoms with E-state index in [2.05, 4.69) is 5.10 Å². The lowest BCUT2D eigenvalue weighted by Crippen LogP contribution is -2.17. The second-order valence-electron chi connectivity index (χ2n) is 3.83. The molecule has 17 heavy (non-hydrogen) atoms. The van der Waals surface area contributed by atoms with Crippen LogP contribution < -0.4 is 5.56 Å². The molecule has 0 N–H and O–H groups in total. The number of rotatable bonds is 1. The van der Waals surface area contributed by atoms with Gasteiger partial charge < -0.3 is 0 Å². The summed E-state index contributed by atoms with van der Waals surface area (Å²) in [7, 11) is 1.67. The van der Waals surface area contributed by atoms with Crippen molar-refractivity contribution in [1.82, 2.24) is 9.78 Å². The van der Waals surface area contributed by atoms with Crippen LogP contribution in [0.25, 0.3) is 20.5 Å². The van der Waals surface area contributed by atoms with E-state index in [1.807, 2.05) is 36.4 Å². The second-order valence-corrected chi connectivity index (χ2v) is 4.91. The quantitative estimate of drug-likeness (QED) is 0.657. The van der Waals surface area contributed by atoms with Gasteiger partial charge in [0.05, 0.1) is 16.3 Å². The van der Waals surface area contributed by atoms with Crippen molar-refractivity contribution in [3.05, 3.63) is 52.9 Å². The van der Waals surface area contributed by atoms with Crippen LogP contribution in [0.4, 0.5) is 0 Å². The van der Waals surface area contributed by atoms with E-state index >= 15 is 0 Å². The van der Waals surface area contributed by atoms with Gasteiger partial charge in [-0.25, -0.2) is 4.68 Å². The lowest BCUT2D eigenvalue weighted by molar-refractivity contribution is 0.719. The highest BCUT2D eigenvalue weighted by atomic mass is 32.1. The first-order chi connectivity index (χ1) is 8.25. The van der Waals surface area contributed by atoms with Gasteiger partial charge in [-0.1, -0.05) is 30.3 Å². The minimum Gasteiger partial charge on any atom is -0.267 e. The van der Waals surface area contributed by atoms with Crippen LogP contribution in [0.5, 0.6) is 0 Å². The first-order valence-electron chi connectivity index (χ1n) is 5.27. The third-order valence-electron chi connectivity index (χ3n) is 2.69. The number of aryl methyl sites for hydroxylation is 1. The number of benzene rings is 1. The fourth-order valence-electron chi connectivity index (χ4n) is 1.78. The van der Waals surface area contributed by atoms with E-state index in [0.29, 0.717) is 0 Å². The summed E-state index contributed by atoms with van der Waals surface area (Å²) >= 11 is 1.60. The summed E-state index contributed by atoms with van der Waals surface area (Å²) in [5, 5.41) is 4.77. The third-order valence-corrected chi connectivity index (χ3v) is 3.81. The van der Waals surface area contributed by atoms with Crippen LogP contribution >= 0.6 is 11.3 Å². The first kappa shape index (κ1) is 10.2. The lowest BCUT2D eigenvalue weighted by atomic mass is 10.2. The molecule has 0 spiro atoms. The van der Waals surface area contributed by atoms with Gasteiger partial charge in [-0.15, -0.1) is 11.3 Å². The Labute approximate surface area is 102 Å². The van der Waals surface area contributed by atoms with Gasteiger partial charge in [0.1, 0.15) is 0 Å². The van der Waals surface area contributed by atoms with Gasteiger partial charge in [0.25, 0.3) is 5.56 Å². The zero-order chi connectivity index (χ0) is 11.8. The predicted molar refractivity (Wildman–Crippen MR) is 70.3 cm³/mol. The number of aromatic nitrogens is 2. The van der Waals surface area contributed by atoms with Crippen LogP contribution in [-0.2, 0) is 7.05 Å². The molecule has 0 amide bonds. The molecule has 3 rings (SSSR count). The van der Waals surface area contributed by atoms with Gasteiger partial charge in [-0.05, 0) is 11.6 Å². The highest BCUT2D eigenvalue weighted by Crippen LogP contribution is 2.31. The molecule has 2 aromatic heterocycles. The molecule has 84 valence electrons. The maximum absolute atomic E-state index is 11.9. The van der Waals surface area contributed by atoms with Crippen molar-refractivity contribution >= 4 is 21.4 Å². The van der Waals surface area contributed by atoms with Crippen molar-refractivity contribution in [2.75, 3.05) is 0 Å². The van der Waals surface area contributed by atoms with Gasteiger partial charge in [-0.2, -0.15) is 5.10 Å². The van der Waals surface area contributed by atoms with Crippen LogP contribution in [0, 0.1) is 0 Å². The van der Waals surface area contributed by atoms with Crippen molar-refractivity contribution in [2.45, 2.75) is 0 Å². The average molecular weight is 242 g/mol. The molecule has 0 bridgehead atoms. The van der Waals surface area contributed by atoms with Crippen LogP contribution in [0.2, 0.25) is 0 Å². The summed E-state index contributed by atoms with van der Waals surface area (Å²) in [6.07, 6.45) is 1.74. The molecule has 0 atom stereocenters. The predicted octanol–water partition coefficient (Wildman–Crippen LogP) is 2.66. The van der Waals surface area contributed by atoms with E-state index in [-0.39, 0.29) is 5.56 Å². The first-order valence-corrected chi connectivity index (χ1v) is 6.08. The fraction of sp³-hybridized carbons (Fsp3) is 0.0769. The number of nitrogens with zero attached hydrogens (tertiary/aromatic N) is 2. The largest absolute Gasteiger partial charge is 0.275 e. The van der Waals surface area contributed by atoms with E-state index in [1.54, 1.807) is 24.6 Å². The van der Waals surface area contributed by atoms with E-state index in [9.17, 15) is 4.79 Å². The van der Waals surface area contributed by atoms with Gasteiger partial charge in [-0.3, -0.25) is 4.79 Å². The molecule has 3 aromatic rings. The Balaban J connectivity index is 2.28. The molecular formula is C13H10N2OS. The molecule has 0 unspecified atom stereocenters. The summed E-state index contributed by atoms with van der Waals surface area (Å²) < 4.78 is 2.30. The average Bonchev–Trinajstić information content (AvgIpc) is 2.80. The molecule has 2 heterocycles. The zero-order valence-electron chi connectivity index (χ0n) is 9.25. The summed E-state index contributed by atoms with van der Waals surface area (Å²) in [4.78, 5) is 13.0. The zero-order valence-corrected chi connectivity index (χ0v) is 10.1. The van der Waals surface area contributed by atoms with Crippen LogP contribution in [-0.4, -0.2) is 9.78 Å². The summed E-state index contributed by atoms with van der Waals surface area (Å²) in [5.74, 6) is 0. The molecule has 0 radical (unpaired) electrons. The summed E-state index contributed by atoms with van der Waals surface area (Å²) in [6.45, 7) is 0. The van der Waals surface area contributed by atoms with E-state index < -0.39 is 0 Å². The number of thiophene rings is 1. The maximum atomic E-state index is 11.9. The standard InChI is InChI=1S/C13H10N2OS/c1-15-13(16)10-7-11(17-12(10)8-14-15)9-5-3-2-4-6-9/h2-8H,1H3. The molecule has 0 saturated heterocycles. The molecule has 4 heteroatoms. The Kier molecular flexibility index (Phi) is 2.30. The molecular weight excluding hydrogens is 232 g/mol. The molecule has 0 aliphatic rings. The van der Waals surface area contributed by atoms with Crippen LogP contribution in [0.3, 0.4) is 0 Å². The number of hydrogen-bond acceptors (Lipinski definition) is 3. The Hall–Kier alpha value is -1.94. The fourth-order valence-corrected chi connectivity index (χ4v) is 2.80. The van der Waals surface area contributed by atoms with Crippen molar-refractivity contribution in [3.63, 3.8) is 0 Å². The molecule has 0 fully saturated rings. The van der Waals surface area contributed by atoms with Crippen LogP contribution in [0.15, 0.2) is 47.4 Å². The topological polar surface area (TPSA) is 34.9 Å². The van der Waals surface area contributed by atoms with Crippen molar-refractivity contribution < 1.29 is 0 Å². The van der Waals surface area contributed by atoms with Crippen molar-refractivity contribution in [3.8, 4) is 10.4 Å².